The topological polar surface area (TPSA) is 90.9 Å². The van der Waals surface area contributed by atoms with Gasteiger partial charge in [-0.2, -0.15) is 0 Å². The number of Topliss-reactive ketones (excluding diaryl/α,β-unsaturated/α-hetero) is 1. The number of carbonyl (C=O) groups excluding carboxylic acids is 3. The van der Waals surface area contributed by atoms with Crippen molar-refractivity contribution in [3.8, 4) is 11.5 Å². The Kier molecular flexibility index (Phi) is 7.36. The van der Waals surface area contributed by atoms with Gasteiger partial charge in [0.25, 0.3) is 5.91 Å². The van der Waals surface area contributed by atoms with Crippen molar-refractivity contribution in [2.45, 2.75) is 0 Å². The number of hydrogen-bond donors (Lipinski definition) is 1. The van der Waals surface area contributed by atoms with E-state index in [1.54, 1.807) is 36.4 Å². The summed E-state index contributed by atoms with van der Waals surface area (Å²) in [6.45, 7) is -0.808. The second-order valence-corrected chi connectivity index (χ2v) is 6.26. The first-order valence-corrected chi connectivity index (χ1v) is 8.68. The van der Waals surface area contributed by atoms with E-state index in [1.165, 1.54) is 20.3 Å². The van der Waals surface area contributed by atoms with Crippen LogP contribution in [0.4, 0.5) is 0 Å². The maximum atomic E-state index is 12.2. The lowest BCUT2D eigenvalue weighted by Gasteiger charge is -2.10. The second kappa shape index (κ2) is 9.72. The van der Waals surface area contributed by atoms with E-state index >= 15 is 0 Å². The maximum absolute atomic E-state index is 12.2. The normalized spacial score (nSPS) is 10.0. The molecular formula is C19H18BrNO6. The van der Waals surface area contributed by atoms with Gasteiger partial charge in [-0.25, -0.2) is 0 Å². The van der Waals surface area contributed by atoms with E-state index in [9.17, 15) is 14.4 Å². The number of esters is 1. The lowest BCUT2D eigenvalue weighted by Crippen LogP contribution is -2.31. The lowest BCUT2D eigenvalue weighted by molar-refractivity contribution is -0.141. The van der Waals surface area contributed by atoms with Crippen molar-refractivity contribution in [2.75, 3.05) is 27.4 Å². The molecule has 1 amide bonds. The Morgan fingerprint density at radius 2 is 1.70 bits per heavy atom. The van der Waals surface area contributed by atoms with Crippen LogP contribution in [0.25, 0.3) is 0 Å². The summed E-state index contributed by atoms with van der Waals surface area (Å²) in [5, 5.41) is 2.44. The predicted molar refractivity (Wildman–Crippen MR) is 101 cm³/mol. The predicted octanol–water partition coefficient (Wildman–Crippen LogP) is 2.62. The molecule has 0 aliphatic carbocycles. The molecule has 2 aromatic carbocycles. The highest BCUT2D eigenvalue weighted by molar-refractivity contribution is 9.10. The van der Waals surface area contributed by atoms with Crippen LogP contribution in [0, 0.1) is 0 Å². The fourth-order valence-electron chi connectivity index (χ4n) is 2.16. The molecule has 0 radical (unpaired) electrons. The van der Waals surface area contributed by atoms with Gasteiger partial charge in [-0.3, -0.25) is 14.4 Å². The third-order valence-corrected chi connectivity index (χ3v) is 4.10. The molecule has 0 saturated carbocycles. The van der Waals surface area contributed by atoms with Crippen molar-refractivity contribution in [3.05, 3.63) is 58.1 Å². The Morgan fingerprint density at radius 3 is 2.33 bits per heavy atom. The molecule has 0 bridgehead atoms. The fourth-order valence-corrected chi connectivity index (χ4v) is 2.42. The van der Waals surface area contributed by atoms with E-state index in [0.717, 1.165) is 4.47 Å². The Labute approximate surface area is 164 Å². The van der Waals surface area contributed by atoms with Crippen LogP contribution in [0.1, 0.15) is 20.7 Å². The molecule has 27 heavy (non-hydrogen) atoms. The molecule has 0 unspecified atom stereocenters. The zero-order valence-electron chi connectivity index (χ0n) is 14.8. The zero-order chi connectivity index (χ0) is 19.8. The molecule has 142 valence electrons. The summed E-state index contributed by atoms with van der Waals surface area (Å²) in [6.07, 6.45) is 0. The minimum atomic E-state index is -0.721. The van der Waals surface area contributed by atoms with E-state index in [1.807, 2.05) is 0 Å². The first-order chi connectivity index (χ1) is 12.9. The molecule has 0 spiro atoms. The largest absolute Gasteiger partial charge is 0.497 e. The van der Waals surface area contributed by atoms with Crippen LogP contribution in [0.15, 0.2) is 46.9 Å². The summed E-state index contributed by atoms with van der Waals surface area (Å²) in [5.41, 5.74) is 0.676. The van der Waals surface area contributed by atoms with Gasteiger partial charge >= 0.3 is 5.97 Å². The van der Waals surface area contributed by atoms with Gasteiger partial charge in [-0.1, -0.05) is 15.9 Å². The fraction of sp³-hybridized carbons (Fsp3) is 0.211. The van der Waals surface area contributed by atoms with Crippen LogP contribution < -0.4 is 14.8 Å². The van der Waals surface area contributed by atoms with Crippen molar-refractivity contribution in [3.63, 3.8) is 0 Å². The minimum Gasteiger partial charge on any atom is -0.497 e. The van der Waals surface area contributed by atoms with E-state index in [2.05, 4.69) is 21.2 Å². The van der Waals surface area contributed by atoms with Crippen LogP contribution in [0.3, 0.4) is 0 Å². The van der Waals surface area contributed by atoms with Crippen LogP contribution in [-0.4, -0.2) is 45.0 Å². The Balaban J connectivity index is 1.85. The summed E-state index contributed by atoms with van der Waals surface area (Å²) in [4.78, 5) is 35.9. The van der Waals surface area contributed by atoms with E-state index < -0.39 is 24.3 Å². The van der Waals surface area contributed by atoms with Crippen molar-refractivity contribution in [1.82, 2.24) is 5.32 Å². The van der Waals surface area contributed by atoms with Gasteiger partial charge in [-0.15, -0.1) is 0 Å². The summed E-state index contributed by atoms with van der Waals surface area (Å²) in [7, 11) is 2.93. The van der Waals surface area contributed by atoms with E-state index in [4.69, 9.17) is 14.2 Å². The number of halogens is 1. The van der Waals surface area contributed by atoms with Gasteiger partial charge in [0, 0.05) is 16.1 Å². The van der Waals surface area contributed by atoms with Crippen LogP contribution in [0.5, 0.6) is 11.5 Å². The summed E-state index contributed by atoms with van der Waals surface area (Å²) < 4.78 is 16.0. The quantitative estimate of drug-likeness (QED) is 0.506. The van der Waals surface area contributed by atoms with Crippen molar-refractivity contribution < 1.29 is 28.6 Å². The SMILES string of the molecule is COc1ccc(C(=O)COC(=O)CNC(=O)c2ccc(Br)cc2)c(OC)c1. The first kappa shape index (κ1) is 20.4. The smallest absolute Gasteiger partial charge is 0.325 e. The molecule has 0 aromatic heterocycles. The Hall–Kier alpha value is -2.87. The molecule has 0 saturated heterocycles. The van der Waals surface area contributed by atoms with Gasteiger partial charge in [0.05, 0.1) is 19.8 Å². The van der Waals surface area contributed by atoms with Gasteiger partial charge in [-0.05, 0) is 36.4 Å². The van der Waals surface area contributed by atoms with Crippen molar-refractivity contribution >= 4 is 33.6 Å². The second-order valence-electron chi connectivity index (χ2n) is 5.34. The number of carbonyl (C=O) groups is 3. The highest BCUT2D eigenvalue weighted by atomic mass is 79.9. The summed E-state index contributed by atoms with van der Waals surface area (Å²) >= 11 is 3.27. The number of rotatable bonds is 8. The molecule has 2 rings (SSSR count). The number of ether oxygens (including phenoxy) is 3. The molecule has 0 fully saturated rings. The molecule has 0 heterocycles. The standard InChI is InChI=1S/C19H18BrNO6/c1-25-14-7-8-15(17(9-14)26-2)16(22)11-27-18(23)10-21-19(24)12-3-5-13(20)6-4-12/h3-9H,10-11H2,1-2H3,(H,21,24). The third kappa shape index (κ3) is 5.82. The zero-order valence-corrected chi connectivity index (χ0v) is 16.4. The van der Waals surface area contributed by atoms with Gasteiger partial charge < -0.3 is 19.5 Å². The van der Waals surface area contributed by atoms with Crippen LogP contribution in [-0.2, 0) is 9.53 Å². The first-order valence-electron chi connectivity index (χ1n) is 7.89. The third-order valence-electron chi connectivity index (χ3n) is 3.57. The molecule has 7 nitrogen and oxygen atoms in total. The van der Waals surface area contributed by atoms with Crippen LogP contribution >= 0.6 is 15.9 Å². The monoisotopic (exact) mass is 435 g/mol. The van der Waals surface area contributed by atoms with E-state index in [-0.39, 0.29) is 12.1 Å². The molecule has 0 aliphatic heterocycles. The molecule has 8 heteroatoms. The average Bonchev–Trinajstić information content (AvgIpc) is 2.70. The molecule has 0 atom stereocenters. The Morgan fingerprint density at radius 1 is 1.00 bits per heavy atom. The summed E-state index contributed by atoms with van der Waals surface area (Å²) in [5.74, 6) is -0.707. The lowest BCUT2D eigenvalue weighted by atomic mass is 10.1. The number of ketones is 1. The highest BCUT2D eigenvalue weighted by Gasteiger charge is 2.16. The number of benzene rings is 2. The number of amides is 1. The van der Waals surface area contributed by atoms with Gasteiger partial charge in [0.15, 0.2) is 6.61 Å². The minimum absolute atomic E-state index is 0.269. The number of methoxy groups -OCH3 is 2. The van der Waals surface area contributed by atoms with Gasteiger partial charge in [0.1, 0.15) is 18.0 Å². The molecular weight excluding hydrogens is 418 g/mol. The van der Waals surface area contributed by atoms with Gasteiger partial charge in [0.2, 0.25) is 5.78 Å². The summed E-state index contributed by atoms with van der Waals surface area (Å²) in [6, 6.07) is 11.4. The van der Waals surface area contributed by atoms with E-state index in [0.29, 0.717) is 17.1 Å². The highest BCUT2D eigenvalue weighted by Crippen LogP contribution is 2.24. The van der Waals surface area contributed by atoms with Crippen molar-refractivity contribution in [1.29, 1.82) is 0 Å². The number of nitrogens with one attached hydrogen (secondary N) is 1. The molecule has 0 aliphatic rings. The maximum Gasteiger partial charge on any atom is 0.325 e. The Bertz CT molecular complexity index is 835. The number of hydrogen-bond acceptors (Lipinski definition) is 6. The molecule has 1 N–H and O–H groups in total. The average molecular weight is 436 g/mol. The molecule has 2 aromatic rings. The van der Waals surface area contributed by atoms with Crippen LogP contribution in [0.2, 0.25) is 0 Å². The van der Waals surface area contributed by atoms with Crippen molar-refractivity contribution in [2.24, 2.45) is 0 Å².